The van der Waals surface area contributed by atoms with E-state index in [1.807, 2.05) is 6.92 Å². The number of rotatable bonds is 4. The molecular formula is C17H21NO7. The van der Waals surface area contributed by atoms with Crippen molar-refractivity contribution in [2.24, 2.45) is 11.8 Å². The molecule has 0 saturated carbocycles. The van der Waals surface area contributed by atoms with Crippen molar-refractivity contribution in [3.05, 3.63) is 35.4 Å². The molecule has 8 nitrogen and oxygen atoms in total. The van der Waals surface area contributed by atoms with Crippen LogP contribution in [0.15, 0.2) is 24.3 Å². The lowest BCUT2D eigenvalue weighted by molar-refractivity contribution is -0.181. The summed E-state index contributed by atoms with van der Waals surface area (Å²) in [6.07, 6.45) is 0. The topological polar surface area (TPSA) is 102 Å². The molecule has 2 rings (SSSR count). The molecule has 0 amide bonds. The Kier molecular flexibility index (Phi) is 5.76. The van der Waals surface area contributed by atoms with Crippen LogP contribution in [-0.4, -0.2) is 55.5 Å². The second kappa shape index (κ2) is 7.62. The summed E-state index contributed by atoms with van der Waals surface area (Å²) in [4.78, 5) is 36.8. The van der Waals surface area contributed by atoms with E-state index < -0.39 is 41.8 Å². The zero-order chi connectivity index (χ0) is 18.7. The summed E-state index contributed by atoms with van der Waals surface area (Å²) in [6.45, 7) is 1.89. The maximum Gasteiger partial charge on any atom is 0.326 e. The third kappa shape index (κ3) is 3.35. The largest absolute Gasteiger partial charge is 0.469 e. The van der Waals surface area contributed by atoms with E-state index in [9.17, 15) is 19.6 Å². The second-order valence-electron chi connectivity index (χ2n) is 5.80. The predicted molar refractivity (Wildman–Crippen MR) is 84.4 cm³/mol. The number of hydrogen-bond donors (Lipinski definition) is 1. The average molecular weight is 351 g/mol. The number of ether oxygens (including phenoxy) is 3. The minimum atomic E-state index is -1.38. The van der Waals surface area contributed by atoms with Gasteiger partial charge >= 0.3 is 17.9 Å². The summed E-state index contributed by atoms with van der Waals surface area (Å²) >= 11 is 0. The van der Waals surface area contributed by atoms with E-state index in [1.165, 1.54) is 7.11 Å². The first-order chi connectivity index (χ1) is 11.9. The number of esters is 3. The molecule has 0 aromatic heterocycles. The number of methoxy groups -OCH3 is 3. The van der Waals surface area contributed by atoms with E-state index in [-0.39, 0.29) is 0 Å². The fourth-order valence-corrected chi connectivity index (χ4v) is 3.22. The van der Waals surface area contributed by atoms with Crippen LogP contribution in [0.1, 0.15) is 17.2 Å². The van der Waals surface area contributed by atoms with Gasteiger partial charge in [-0.15, -0.1) is 0 Å². The fourth-order valence-electron chi connectivity index (χ4n) is 3.22. The molecule has 1 fully saturated rings. The molecule has 1 N–H and O–H groups in total. The van der Waals surface area contributed by atoms with Gasteiger partial charge in [0.05, 0.1) is 33.3 Å². The highest BCUT2D eigenvalue weighted by molar-refractivity contribution is 5.90. The molecule has 1 aromatic carbocycles. The van der Waals surface area contributed by atoms with Crippen molar-refractivity contribution in [3.63, 3.8) is 0 Å². The first-order valence-electron chi connectivity index (χ1n) is 7.64. The van der Waals surface area contributed by atoms with E-state index in [4.69, 9.17) is 14.2 Å². The molecule has 0 radical (unpaired) electrons. The lowest BCUT2D eigenvalue weighted by atomic mass is 9.84. The van der Waals surface area contributed by atoms with Crippen molar-refractivity contribution in [1.29, 1.82) is 0 Å². The number of hydroxylamine groups is 2. The maximum absolute atomic E-state index is 12.4. The Morgan fingerprint density at radius 3 is 1.84 bits per heavy atom. The Balaban J connectivity index is 2.58. The Morgan fingerprint density at radius 1 is 0.880 bits per heavy atom. The van der Waals surface area contributed by atoms with Gasteiger partial charge in [0.1, 0.15) is 12.0 Å². The number of hydrogen-bond acceptors (Lipinski definition) is 8. The SMILES string of the molecule is COC(=O)[C@@H]1[C@@H](C(=O)OC)[C@H](c2ccc(C)cc2)N(O)[C@H]1C(=O)OC. The third-order valence-corrected chi connectivity index (χ3v) is 4.45. The highest BCUT2D eigenvalue weighted by atomic mass is 16.6. The van der Waals surface area contributed by atoms with Crippen molar-refractivity contribution in [3.8, 4) is 0 Å². The van der Waals surface area contributed by atoms with E-state index >= 15 is 0 Å². The smallest absolute Gasteiger partial charge is 0.326 e. The standard InChI is InChI=1S/C17H21NO7/c1-9-5-7-10(8-6-9)13-11(15(19)23-2)12(16(20)24-3)14(18(13)22)17(21)25-4/h5-8,11-14,22H,1-4H3/t11-,12-,13+,14-/m1/s1. The van der Waals surface area contributed by atoms with Crippen molar-refractivity contribution in [2.75, 3.05) is 21.3 Å². The summed E-state index contributed by atoms with van der Waals surface area (Å²) in [5, 5.41) is 11.3. The first-order valence-corrected chi connectivity index (χ1v) is 7.64. The van der Waals surface area contributed by atoms with Gasteiger partial charge in [-0.25, -0.2) is 0 Å². The molecule has 4 atom stereocenters. The number of carbonyl (C=O) groups is 3. The van der Waals surface area contributed by atoms with Crippen molar-refractivity contribution in [1.82, 2.24) is 5.06 Å². The molecule has 1 aromatic rings. The Hall–Kier alpha value is -2.45. The molecule has 1 aliphatic rings. The summed E-state index contributed by atoms with van der Waals surface area (Å²) in [7, 11) is 3.46. The van der Waals surface area contributed by atoms with Crippen molar-refractivity contribution >= 4 is 17.9 Å². The van der Waals surface area contributed by atoms with Crippen LogP contribution in [0, 0.1) is 18.8 Å². The van der Waals surface area contributed by atoms with Gasteiger partial charge < -0.3 is 19.4 Å². The van der Waals surface area contributed by atoms with Crippen molar-refractivity contribution < 1.29 is 33.8 Å². The Bertz CT molecular complexity index is 657. The molecule has 25 heavy (non-hydrogen) atoms. The van der Waals surface area contributed by atoms with Crippen molar-refractivity contribution in [2.45, 2.75) is 19.0 Å². The minimum Gasteiger partial charge on any atom is -0.469 e. The fraction of sp³-hybridized carbons (Fsp3) is 0.471. The van der Waals surface area contributed by atoms with E-state index in [0.29, 0.717) is 10.6 Å². The normalized spacial score (nSPS) is 26.1. The van der Waals surface area contributed by atoms with Crippen LogP contribution in [0.5, 0.6) is 0 Å². The van der Waals surface area contributed by atoms with Gasteiger partial charge in [-0.05, 0) is 12.5 Å². The van der Waals surface area contributed by atoms with Crippen LogP contribution < -0.4 is 0 Å². The van der Waals surface area contributed by atoms with Gasteiger partial charge in [-0.2, -0.15) is 5.06 Å². The van der Waals surface area contributed by atoms with Gasteiger partial charge in [0, 0.05) is 0 Å². The Labute approximate surface area is 145 Å². The van der Waals surface area contributed by atoms with Crippen LogP contribution in [0.2, 0.25) is 0 Å². The van der Waals surface area contributed by atoms with Gasteiger partial charge in [0.25, 0.3) is 0 Å². The lowest BCUT2D eigenvalue weighted by Crippen LogP contribution is -2.43. The number of benzene rings is 1. The van der Waals surface area contributed by atoms with E-state index in [0.717, 1.165) is 19.8 Å². The van der Waals surface area contributed by atoms with E-state index in [2.05, 4.69) is 0 Å². The highest BCUT2D eigenvalue weighted by Crippen LogP contribution is 2.45. The molecular weight excluding hydrogens is 330 g/mol. The molecule has 0 bridgehead atoms. The van der Waals surface area contributed by atoms with Crippen LogP contribution in [0.3, 0.4) is 0 Å². The van der Waals surface area contributed by atoms with Gasteiger partial charge in [-0.3, -0.25) is 14.4 Å². The van der Waals surface area contributed by atoms with Crippen LogP contribution >= 0.6 is 0 Å². The molecule has 0 spiro atoms. The van der Waals surface area contributed by atoms with Crippen LogP contribution in [-0.2, 0) is 28.6 Å². The molecule has 1 aliphatic heterocycles. The summed E-state index contributed by atoms with van der Waals surface area (Å²) in [6, 6.07) is 4.70. The molecule has 1 heterocycles. The monoisotopic (exact) mass is 351 g/mol. The average Bonchev–Trinajstić information content (AvgIpc) is 2.93. The molecule has 0 unspecified atom stereocenters. The second-order valence-corrected chi connectivity index (χ2v) is 5.80. The van der Waals surface area contributed by atoms with Crippen LogP contribution in [0.4, 0.5) is 0 Å². The quantitative estimate of drug-likeness (QED) is 0.629. The first kappa shape index (κ1) is 18.9. The molecule has 136 valence electrons. The zero-order valence-corrected chi connectivity index (χ0v) is 14.5. The predicted octanol–water partition coefficient (Wildman–Crippen LogP) is 0.861. The number of nitrogens with zero attached hydrogens (tertiary/aromatic N) is 1. The number of carbonyl (C=O) groups excluding carboxylic acids is 3. The van der Waals surface area contributed by atoms with Gasteiger partial charge in [-0.1, -0.05) is 29.8 Å². The van der Waals surface area contributed by atoms with E-state index in [1.54, 1.807) is 24.3 Å². The number of aryl methyl sites for hydroxylation is 1. The van der Waals surface area contributed by atoms with Crippen LogP contribution in [0.25, 0.3) is 0 Å². The zero-order valence-electron chi connectivity index (χ0n) is 14.5. The van der Waals surface area contributed by atoms with Gasteiger partial charge in [0.15, 0.2) is 0 Å². The third-order valence-electron chi connectivity index (χ3n) is 4.45. The summed E-state index contributed by atoms with van der Waals surface area (Å²) in [5.41, 5.74) is 1.54. The van der Waals surface area contributed by atoms with Gasteiger partial charge in [0.2, 0.25) is 0 Å². The Morgan fingerprint density at radius 2 is 1.36 bits per heavy atom. The maximum atomic E-state index is 12.4. The summed E-state index contributed by atoms with van der Waals surface area (Å²) in [5.74, 6) is -4.78. The minimum absolute atomic E-state index is 0.559. The lowest BCUT2D eigenvalue weighted by Gasteiger charge is -2.24. The molecule has 8 heteroatoms. The summed E-state index contributed by atoms with van der Waals surface area (Å²) < 4.78 is 14.2. The molecule has 1 saturated heterocycles. The molecule has 0 aliphatic carbocycles. The highest BCUT2D eigenvalue weighted by Gasteiger charge is 2.60.